The molecular weight excluding hydrogens is 711 g/mol. The Morgan fingerprint density at radius 3 is 1.72 bits per heavy atom. The number of hydrogen-bond acceptors (Lipinski definition) is 4. The van der Waals surface area contributed by atoms with E-state index in [0.29, 0.717) is 17.5 Å². The monoisotopic (exact) mass is 751 g/mol. The second-order valence-electron chi connectivity index (χ2n) is 14.8. The highest BCUT2D eigenvalue weighted by Gasteiger charge is 2.22. The van der Waals surface area contributed by atoms with Crippen molar-refractivity contribution in [2.24, 2.45) is 0 Å². The van der Waals surface area contributed by atoms with Gasteiger partial charge in [-0.15, -0.1) is 11.3 Å². The molecule has 0 unspecified atom stereocenters. The topological polar surface area (TPSA) is 38.7 Å². The normalized spacial score (nSPS) is 15.2. The van der Waals surface area contributed by atoms with Crippen LogP contribution in [0, 0.1) is 0 Å². The van der Waals surface area contributed by atoms with Crippen LogP contribution in [0.5, 0.6) is 0 Å². The zero-order valence-electron chi connectivity index (χ0n) is 31.7. The van der Waals surface area contributed by atoms with Crippen LogP contribution >= 0.6 is 11.3 Å². The maximum Gasteiger partial charge on any atom is 0.174 e. The Labute approximate surface area is 338 Å². The molecule has 5 aromatic carbocycles. The highest BCUT2D eigenvalue weighted by Crippen LogP contribution is 2.42. The molecule has 4 heteroatoms. The zero-order valence-corrected chi connectivity index (χ0v) is 32.6. The molecule has 0 saturated carbocycles. The van der Waals surface area contributed by atoms with E-state index in [1.54, 1.807) is 11.3 Å². The first-order valence-corrected chi connectivity index (χ1v) is 20.9. The Hall–Kier alpha value is -6.49. The number of thiophene rings is 1. The molecule has 0 atom stereocenters. The van der Waals surface area contributed by atoms with Crippen molar-refractivity contribution in [1.82, 2.24) is 15.0 Å². The minimum absolute atomic E-state index is 0.674. The number of fused-ring (bicyclic) bond motifs is 1. The van der Waals surface area contributed by atoms with Crippen molar-refractivity contribution in [3.8, 4) is 44.3 Å². The number of rotatable bonds is 8. The van der Waals surface area contributed by atoms with Crippen LogP contribution in [0.3, 0.4) is 0 Å². The fraction of sp³-hybridized carbons (Fsp3) is 0.113. The van der Waals surface area contributed by atoms with E-state index in [1.807, 2.05) is 0 Å². The summed E-state index contributed by atoms with van der Waals surface area (Å²) in [5, 5.41) is 1.20. The van der Waals surface area contributed by atoms with E-state index < -0.39 is 0 Å². The maximum absolute atomic E-state index is 5.22. The predicted octanol–water partition coefficient (Wildman–Crippen LogP) is 14.5. The van der Waals surface area contributed by atoms with Crippen LogP contribution in [-0.2, 0) is 0 Å². The minimum Gasteiger partial charge on any atom is -0.208 e. The number of aromatic nitrogens is 3. The third kappa shape index (κ3) is 7.09. The summed E-state index contributed by atoms with van der Waals surface area (Å²) in [7, 11) is 0. The number of allylic oxidation sites excluding steroid dienone is 12. The Kier molecular flexibility index (Phi) is 9.55. The number of benzene rings is 5. The Morgan fingerprint density at radius 2 is 1.00 bits per heavy atom. The quantitative estimate of drug-likeness (QED) is 0.155. The average molecular weight is 752 g/mol. The smallest absolute Gasteiger partial charge is 0.174 e. The third-order valence-corrected chi connectivity index (χ3v) is 12.2. The van der Waals surface area contributed by atoms with Crippen LogP contribution in [0.15, 0.2) is 176 Å². The molecule has 0 aliphatic heterocycles. The van der Waals surface area contributed by atoms with Crippen molar-refractivity contribution in [2.75, 3.05) is 0 Å². The van der Waals surface area contributed by atoms with Crippen molar-refractivity contribution >= 4 is 43.7 Å². The van der Waals surface area contributed by atoms with Gasteiger partial charge in [-0.25, -0.2) is 15.0 Å². The van der Waals surface area contributed by atoms with Gasteiger partial charge in [-0.1, -0.05) is 152 Å². The van der Waals surface area contributed by atoms with Gasteiger partial charge >= 0.3 is 0 Å². The van der Waals surface area contributed by atoms with Gasteiger partial charge in [0.15, 0.2) is 17.5 Å². The minimum atomic E-state index is 0.674. The second kappa shape index (κ2) is 15.6. The van der Waals surface area contributed by atoms with Crippen LogP contribution in [0.2, 0.25) is 0 Å². The SMILES string of the molecule is C1=CC(c2cc(-c3ccc(-c4nc(C5=CCCC=C5c5ccccc5)nc(-c5cc6ccccc6s5)n4)cc3)cc(-c3ccccc3)c2C2=CCCC=C2)=CCC1. The van der Waals surface area contributed by atoms with E-state index >= 15 is 0 Å². The Balaban J connectivity index is 1.10. The van der Waals surface area contributed by atoms with Gasteiger partial charge in [-0.2, -0.15) is 0 Å². The summed E-state index contributed by atoms with van der Waals surface area (Å²) in [5.74, 6) is 2.08. The maximum atomic E-state index is 5.22. The first-order valence-electron chi connectivity index (χ1n) is 20.1. The lowest BCUT2D eigenvalue weighted by Crippen LogP contribution is -2.05. The van der Waals surface area contributed by atoms with Crippen molar-refractivity contribution in [3.63, 3.8) is 0 Å². The fourth-order valence-corrected chi connectivity index (χ4v) is 9.22. The lowest BCUT2D eigenvalue weighted by atomic mass is 9.82. The van der Waals surface area contributed by atoms with Crippen LogP contribution in [0.25, 0.3) is 76.7 Å². The first kappa shape index (κ1) is 35.0. The summed E-state index contributed by atoms with van der Waals surface area (Å²) in [6, 6.07) is 45.7. The lowest BCUT2D eigenvalue weighted by Gasteiger charge is -2.22. The third-order valence-electron chi connectivity index (χ3n) is 11.1. The van der Waals surface area contributed by atoms with Crippen molar-refractivity contribution in [1.29, 1.82) is 0 Å². The summed E-state index contributed by atoms with van der Waals surface area (Å²) in [4.78, 5) is 16.6. The van der Waals surface area contributed by atoms with E-state index in [1.165, 1.54) is 60.2 Å². The average Bonchev–Trinajstić information content (AvgIpc) is 3.75. The standard InChI is InChI=1S/C53H41N3S/c1-5-17-37(18-6-1)44-26-14-15-27-45(44)52-54-51(55-53(56-52)49-35-42-25-13-16-28-48(42)57-49)41-31-29-36(30-32-41)43-33-46(38-19-7-2-8-20-38)50(40-23-11-4-12-24-40)47(34-43)39-21-9-3-10-22-39/h1-2,5-9,11,13,16-35H,3-4,10,12,14-15H2. The van der Waals surface area contributed by atoms with E-state index in [-0.39, 0.29) is 0 Å². The van der Waals surface area contributed by atoms with E-state index in [9.17, 15) is 0 Å². The van der Waals surface area contributed by atoms with Gasteiger partial charge in [0.25, 0.3) is 0 Å². The molecular formula is C53H41N3S. The molecule has 7 aromatic rings. The summed E-state index contributed by atoms with van der Waals surface area (Å²) < 4.78 is 1.22. The van der Waals surface area contributed by atoms with Crippen LogP contribution in [-0.4, -0.2) is 15.0 Å². The highest BCUT2D eigenvalue weighted by molar-refractivity contribution is 7.22. The second-order valence-corrected chi connectivity index (χ2v) is 15.9. The van der Waals surface area contributed by atoms with Crippen molar-refractivity contribution < 1.29 is 0 Å². The summed E-state index contributed by atoms with van der Waals surface area (Å²) in [5.41, 5.74) is 14.4. The van der Waals surface area contributed by atoms with Crippen molar-refractivity contribution in [3.05, 3.63) is 199 Å². The molecule has 2 aromatic heterocycles. The van der Waals surface area contributed by atoms with Gasteiger partial charge in [0.1, 0.15) is 0 Å². The van der Waals surface area contributed by atoms with Crippen LogP contribution in [0.4, 0.5) is 0 Å². The van der Waals surface area contributed by atoms with Crippen molar-refractivity contribution in [2.45, 2.75) is 38.5 Å². The van der Waals surface area contributed by atoms with E-state index in [0.717, 1.165) is 60.1 Å². The van der Waals surface area contributed by atoms with Crippen LogP contribution in [0.1, 0.15) is 61.0 Å². The molecule has 3 aliphatic carbocycles. The zero-order chi connectivity index (χ0) is 38.0. The molecule has 3 nitrogen and oxygen atoms in total. The predicted molar refractivity (Wildman–Crippen MR) is 241 cm³/mol. The molecule has 0 spiro atoms. The largest absolute Gasteiger partial charge is 0.208 e. The number of nitrogens with zero attached hydrogens (tertiary/aromatic N) is 3. The highest BCUT2D eigenvalue weighted by atomic mass is 32.1. The molecule has 3 aliphatic rings. The summed E-state index contributed by atoms with van der Waals surface area (Å²) in [6.45, 7) is 0. The molecule has 0 fully saturated rings. The molecule has 0 N–H and O–H groups in total. The fourth-order valence-electron chi connectivity index (χ4n) is 8.22. The number of hydrogen-bond donors (Lipinski definition) is 0. The Morgan fingerprint density at radius 1 is 0.404 bits per heavy atom. The first-order chi connectivity index (χ1) is 28.2. The molecule has 274 valence electrons. The van der Waals surface area contributed by atoms with Gasteiger partial charge < -0.3 is 0 Å². The molecule has 10 rings (SSSR count). The molecule has 0 bridgehead atoms. The van der Waals surface area contributed by atoms with Crippen LogP contribution < -0.4 is 0 Å². The Bertz CT molecular complexity index is 2780. The van der Waals surface area contributed by atoms with Gasteiger partial charge in [0.2, 0.25) is 0 Å². The molecule has 57 heavy (non-hydrogen) atoms. The summed E-state index contributed by atoms with van der Waals surface area (Å²) in [6.07, 6.45) is 24.9. The van der Waals surface area contributed by atoms with Gasteiger partial charge in [-0.05, 0) is 124 Å². The van der Waals surface area contributed by atoms with Gasteiger partial charge in [-0.3, -0.25) is 0 Å². The molecule has 0 amide bonds. The van der Waals surface area contributed by atoms with Gasteiger partial charge in [0.05, 0.1) is 4.88 Å². The molecule has 0 radical (unpaired) electrons. The van der Waals surface area contributed by atoms with Gasteiger partial charge in [0, 0.05) is 15.8 Å². The molecule has 2 heterocycles. The molecule has 0 saturated heterocycles. The van der Waals surface area contributed by atoms with E-state index in [2.05, 4.69) is 176 Å². The van der Waals surface area contributed by atoms with E-state index in [4.69, 9.17) is 15.0 Å². The lowest BCUT2D eigenvalue weighted by molar-refractivity contribution is 1.01. The summed E-state index contributed by atoms with van der Waals surface area (Å²) >= 11 is 1.73.